The van der Waals surface area contributed by atoms with E-state index in [4.69, 9.17) is 15.6 Å². The summed E-state index contributed by atoms with van der Waals surface area (Å²) >= 11 is 1.67. The molecule has 1 aromatic carbocycles. The summed E-state index contributed by atoms with van der Waals surface area (Å²) in [6.07, 6.45) is 0.427. The Morgan fingerprint density at radius 3 is 2.95 bits per heavy atom. The van der Waals surface area contributed by atoms with Gasteiger partial charge in [-0.1, -0.05) is 6.92 Å². The van der Waals surface area contributed by atoms with E-state index in [0.717, 1.165) is 11.5 Å². The number of aliphatic hydroxyl groups is 1. The maximum atomic E-state index is 11.8. The second-order valence-electron chi connectivity index (χ2n) is 4.62. The predicted molar refractivity (Wildman–Crippen MR) is 84.2 cm³/mol. The normalized spacial score (nSPS) is 11.9. The molecule has 0 radical (unpaired) electrons. The number of carbonyl (C=O) groups is 1. The van der Waals surface area contributed by atoms with Crippen LogP contribution in [-0.2, 0) is 4.79 Å². The van der Waals surface area contributed by atoms with Crippen LogP contribution in [-0.4, -0.2) is 36.2 Å². The van der Waals surface area contributed by atoms with E-state index < -0.39 is 0 Å². The van der Waals surface area contributed by atoms with Gasteiger partial charge in [0.25, 0.3) is 0 Å². The van der Waals surface area contributed by atoms with Crippen LogP contribution in [0.25, 0.3) is 0 Å². The van der Waals surface area contributed by atoms with E-state index in [1.807, 2.05) is 6.92 Å². The molecule has 5 nitrogen and oxygen atoms in total. The number of hydrogen-bond donors (Lipinski definition) is 3. The van der Waals surface area contributed by atoms with Crippen molar-refractivity contribution in [3.63, 3.8) is 0 Å². The van der Waals surface area contributed by atoms with Crippen LogP contribution in [0.4, 0.5) is 11.4 Å². The third kappa shape index (κ3) is 5.71. The number of hydrogen-bond acceptors (Lipinski definition) is 5. The lowest BCUT2D eigenvalue weighted by Crippen LogP contribution is -2.13. The topological polar surface area (TPSA) is 84.6 Å². The van der Waals surface area contributed by atoms with Gasteiger partial charge in [-0.25, -0.2) is 0 Å². The molecule has 0 spiro atoms. The number of aliphatic hydroxyl groups excluding tert-OH is 1. The van der Waals surface area contributed by atoms with Gasteiger partial charge in [0, 0.05) is 30.5 Å². The SMILES string of the molecule is COc1cc(N)ccc1NC(=O)CCSCC(C)CO. The van der Waals surface area contributed by atoms with Gasteiger partial charge in [-0.15, -0.1) is 0 Å². The van der Waals surface area contributed by atoms with Gasteiger partial charge in [0.2, 0.25) is 5.91 Å². The highest BCUT2D eigenvalue weighted by Gasteiger charge is 2.08. The first-order chi connectivity index (χ1) is 9.56. The van der Waals surface area contributed by atoms with Crippen molar-refractivity contribution in [3.8, 4) is 5.75 Å². The molecular weight excluding hydrogens is 276 g/mol. The van der Waals surface area contributed by atoms with Crippen molar-refractivity contribution in [2.24, 2.45) is 5.92 Å². The van der Waals surface area contributed by atoms with Crippen LogP contribution in [0.2, 0.25) is 0 Å². The first-order valence-electron chi connectivity index (χ1n) is 6.48. The average Bonchev–Trinajstić information content (AvgIpc) is 2.45. The molecule has 1 rings (SSSR count). The van der Waals surface area contributed by atoms with Gasteiger partial charge in [-0.3, -0.25) is 4.79 Å². The summed E-state index contributed by atoms with van der Waals surface area (Å²) in [5, 5.41) is 11.7. The third-order valence-corrected chi connectivity index (χ3v) is 3.98. The van der Waals surface area contributed by atoms with Gasteiger partial charge in [0.15, 0.2) is 0 Å². The fourth-order valence-electron chi connectivity index (χ4n) is 1.53. The van der Waals surface area contributed by atoms with Crippen LogP contribution in [0.3, 0.4) is 0 Å². The Kier molecular flexibility index (Phi) is 7.25. The number of rotatable bonds is 8. The van der Waals surface area contributed by atoms with Crippen LogP contribution in [0, 0.1) is 5.92 Å². The molecule has 0 aliphatic heterocycles. The Balaban J connectivity index is 2.39. The van der Waals surface area contributed by atoms with Crippen molar-refractivity contribution in [3.05, 3.63) is 18.2 Å². The zero-order valence-corrected chi connectivity index (χ0v) is 12.7. The fourth-order valence-corrected chi connectivity index (χ4v) is 2.53. The molecule has 0 bridgehead atoms. The molecule has 0 heterocycles. The number of methoxy groups -OCH3 is 1. The van der Waals surface area contributed by atoms with Crippen molar-refractivity contribution in [1.29, 1.82) is 0 Å². The molecular formula is C14H22N2O3S. The number of nitrogens with one attached hydrogen (secondary N) is 1. The molecule has 6 heteroatoms. The highest BCUT2D eigenvalue weighted by Crippen LogP contribution is 2.26. The largest absolute Gasteiger partial charge is 0.494 e. The van der Waals surface area contributed by atoms with Crippen LogP contribution < -0.4 is 15.8 Å². The highest BCUT2D eigenvalue weighted by molar-refractivity contribution is 7.99. The van der Waals surface area contributed by atoms with Crippen molar-refractivity contribution in [2.45, 2.75) is 13.3 Å². The Morgan fingerprint density at radius 1 is 1.55 bits per heavy atom. The number of thioether (sulfide) groups is 1. The van der Waals surface area contributed by atoms with E-state index >= 15 is 0 Å². The van der Waals surface area contributed by atoms with Gasteiger partial charge in [-0.05, 0) is 23.8 Å². The number of ether oxygens (including phenoxy) is 1. The molecule has 20 heavy (non-hydrogen) atoms. The Hall–Kier alpha value is -1.40. The van der Waals surface area contributed by atoms with Crippen molar-refractivity contribution in [2.75, 3.05) is 36.3 Å². The zero-order chi connectivity index (χ0) is 15.0. The number of nitrogen functional groups attached to an aromatic ring is 1. The summed E-state index contributed by atoms with van der Waals surface area (Å²) < 4.78 is 5.17. The molecule has 1 unspecified atom stereocenters. The molecule has 0 fully saturated rings. The lowest BCUT2D eigenvalue weighted by molar-refractivity contribution is -0.115. The summed E-state index contributed by atoms with van der Waals surface area (Å²) in [6.45, 7) is 2.16. The van der Waals surface area contributed by atoms with E-state index in [2.05, 4.69) is 5.32 Å². The predicted octanol–water partition coefficient (Wildman–Crippen LogP) is 1.97. The maximum absolute atomic E-state index is 11.8. The Labute approximate surface area is 123 Å². The van der Waals surface area contributed by atoms with Gasteiger partial charge < -0.3 is 20.9 Å². The molecule has 0 aliphatic carbocycles. The average molecular weight is 298 g/mol. The molecule has 112 valence electrons. The minimum Gasteiger partial charge on any atom is -0.494 e. The molecule has 1 aromatic rings. The smallest absolute Gasteiger partial charge is 0.225 e. The number of benzene rings is 1. The lowest BCUT2D eigenvalue weighted by Gasteiger charge is -2.11. The monoisotopic (exact) mass is 298 g/mol. The van der Waals surface area contributed by atoms with Gasteiger partial charge in [-0.2, -0.15) is 11.8 Å². The second kappa shape index (κ2) is 8.71. The first-order valence-corrected chi connectivity index (χ1v) is 7.64. The molecule has 0 aromatic heterocycles. The summed E-state index contributed by atoms with van der Waals surface area (Å²) in [6, 6.07) is 5.12. The van der Waals surface area contributed by atoms with Crippen molar-refractivity contribution >= 4 is 29.0 Å². The highest BCUT2D eigenvalue weighted by atomic mass is 32.2. The van der Waals surface area contributed by atoms with Gasteiger partial charge in [0.1, 0.15) is 5.75 Å². The first kappa shape index (κ1) is 16.7. The minimum atomic E-state index is -0.0581. The molecule has 1 amide bonds. The third-order valence-electron chi connectivity index (χ3n) is 2.69. The van der Waals surface area contributed by atoms with E-state index in [-0.39, 0.29) is 18.4 Å². The van der Waals surface area contributed by atoms with Crippen LogP contribution in [0.15, 0.2) is 18.2 Å². The summed E-state index contributed by atoms with van der Waals surface area (Å²) in [4.78, 5) is 11.8. The van der Waals surface area contributed by atoms with Crippen LogP contribution >= 0.6 is 11.8 Å². The number of nitrogens with two attached hydrogens (primary N) is 1. The quantitative estimate of drug-likeness (QED) is 0.505. The second-order valence-corrected chi connectivity index (χ2v) is 5.77. The van der Waals surface area contributed by atoms with Crippen LogP contribution in [0.1, 0.15) is 13.3 Å². The molecule has 4 N–H and O–H groups in total. The van der Waals surface area contributed by atoms with E-state index in [1.165, 1.54) is 7.11 Å². The zero-order valence-electron chi connectivity index (χ0n) is 11.9. The van der Waals surface area contributed by atoms with E-state index in [1.54, 1.807) is 30.0 Å². The van der Waals surface area contributed by atoms with Crippen LogP contribution in [0.5, 0.6) is 5.75 Å². The maximum Gasteiger partial charge on any atom is 0.225 e. The van der Waals surface area contributed by atoms with Crippen molar-refractivity contribution < 1.29 is 14.6 Å². The van der Waals surface area contributed by atoms with E-state index in [0.29, 0.717) is 23.5 Å². The molecule has 0 saturated heterocycles. The minimum absolute atomic E-state index is 0.0581. The molecule has 0 saturated carbocycles. The Morgan fingerprint density at radius 2 is 2.30 bits per heavy atom. The van der Waals surface area contributed by atoms with Crippen molar-refractivity contribution in [1.82, 2.24) is 0 Å². The number of carbonyl (C=O) groups excluding carboxylic acids is 1. The fraction of sp³-hybridized carbons (Fsp3) is 0.500. The molecule has 1 atom stereocenters. The summed E-state index contributed by atoms with van der Waals surface area (Å²) in [5.41, 5.74) is 6.87. The summed E-state index contributed by atoms with van der Waals surface area (Å²) in [5.74, 6) is 2.35. The summed E-state index contributed by atoms with van der Waals surface area (Å²) in [7, 11) is 1.54. The number of anilines is 2. The van der Waals surface area contributed by atoms with Gasteiger partial charge >= 0.3 is 0 Å². The van der Waals surface area contributed by atoms with Gasteiger partial charge in [0.05, 0.1) is 12.8 Å². The van der Waals surface area contributed by atoms with E-state index in [9.17, 15) is 4.79 Å². The molecule has 0 aliphatic rings. The lowest BCUT2D eigenvalue weighted by atomic mass is 10.2. The standard InChI is InChI=1S/C14H22N2O3S/c1-10(8-17)9-20-6-5-14(18)16-12-4-3-11(15)7-13(12)19-2/h3-4,7,10,17H,5-6,8-9,15H2,1-2H3,(H,16,18). The Bertz CT molecular complexity index is 440. The number of amides is 1.